The van der Waals surface area contributed by atoms with E-state index in [4.69, 9.17) is 0 Å². The van der Waals surface area contributed by atoms with Gasteiger partial charge in [-0.1, -0.05) is 19.9 Å². The van der Waals surface area contributed by atoms with Gasteiger partial charge in [-0.05, 0) is 12.1 Å². The van der Waals surface area contributed by atoms with Crippen LogP contribution in [-0.2, 0) is 17.1 Å². The second-order valence-electron chi connectivity index (χ2n) is 7.74. The fourth-order valence-electron chi connectivity index (χ4n) is 3.54. The summed E-state index contributed by atoms with van der Waals surface area (Å²) >= 11 is 0. The maximum Gasteiger partial charge on any atom is 0.281 e. The van der Waals surface area contributed by atoms with Gasteiger partial charge in [0.25, 0.3) is 10.0 Å². The molecule has 1 N–H and O–H groups in total. The van der Waals surface area contributed by atoms with E-state index in [0.717, 1.165) is 32.0 Å². The summed E-state index contributed by atoms with van der Waals surface area (Å²) in [6.45, 7) is 7.07. The second-order valence-corrected chi connectivity index (χ2v) is 9.37. The third-order valence-electron chi connectivity index (χ3n) is 5.11. The Morgan fingerprint density at radius 1 is 1.00 bits per heavy atom. The van der Waals surface area contributed by atoms with Gasteiger partial charge in [-0.2, -0.15) is 8.42 Å². The monoisotopic (exact) mass is 442 g/mol. The SMILES string of the molecule is CC(C)c1nc(S(=O)(=O)Nc2cnc(N3CCN(c4ccccn4)CC3)nc2)cn1C. The first-order chi connectivity index (χ1) is 14.8. The van der Waals surface area contributed by atoms with Gasteiger partial charge in [-0.25, -0.2) is 19.9 Å². The van der Waals surface area contributed by atoms with Gasteiger partial charge in [0, 0.05) is 51.5 Å². The van der Waals surface area contributed by atoms with Crippen LogP contribution in [0.15, 0.2) is 48.0 Å². The Bertz CT molecular complexity index is 1120. The topological polar surface area (TPSA) is 109 Å². The van der Waals surface area contributed by atoms with Crippen LogP contribution >= 0.6 is 0 Å². The molecule has 3 aromatic rings. The second kappa shape index (κ2) is 8.50. The average Bonchev–Trinajstić information content (AvgIpc) is 3.18. The third-order valence-corrected chi connectivity index (χ3v) is 6.36. The lowest BCUT2D eigenvalue weighted by atomic mass is 10.2. The minimum atomic E-state index is -3.81. The van der Waals surface area contributed by atoms with Gasteiger partial charge in [-0.3, -0.25) is 4.72 Å². The third kappa shape index (κ3) is 4.61. The largest absolute Gasteiger partial charge is 0.353 e. The summed E-state index contributed by atoms with van der Waals surface area (Å²) in [6.07, 6.45) is 6.27. The molecule has 164 valence electrons. The van der Waals surface area contributed by atoms with Gasteiger partial charge in [0.1, 0.15) is 11.6 Å². The molecule has 0 aromatic carbocycles. The summed E-state index contributed by atoms with van der Waals surface area (Å²) in [4.78, 5) is 21.7. The molecule has 10 nitrogen and oxygen atoms in total. The molecular weight excluding hydrogens is 416 g/mol. The molecule has 0 bridgehead atoms. The highest BCUT2D eigenvalue weighted by molar-refractivity contribution is 7.92. The van der Waals surface area contributed by atoms with Crippen LogP contribution in [-0.4, -0.2) is 59.1 Å². The van der Waals surface area contributed by atoms with Crippen molar-refractivity contribution in [1.29, 1.82) is 0 Å². The summed E-state index contributed by atoms with van der Waals surface area (Å²) in [5.41, 5.74) is 0.299. The summed E-state index contributed by atoms with van der Waals surface area (Å²) in [7, 11) is -2.03. The Hall–Kier alpha value is -3.21. The molecule has 4 rings (SSSR count). The van der Waals surface area contributed by atoms with Crippen molar-refractivity contribution in [3.8, 4) is 0 Å². The molecule has 0 radical (unpaired) electrons. The van der Waals surface area contributed by atoms with Gasteiger partial charge in [0.15, 0.2) is 5.03 Å². The Kier molecular flexibility index (Phi) is 5.77. The Morgan fingerprint density at radius 3 is 2.26 bits per heavy atom. The number of aryl methyl sites for hydroxylation is 1. The lowest BCUT2D eigenvalue weighted by Crippen LogP contribution is -2.47. The summed E-state index contributed by atoms with van der Waals surface area (Å²) in [6, 6.07) is 5.88. The van der Waals surface area contributed by atoms with E-state index in [1.165, 1.54) is 18.6 Å². The zero-order valence-corrected chi connectivity index (χ0v) is 18.6. The van der Waals surface area contributed by atoms with Crippen molar-refractivity contribution in [2.75, 3.05) is 40.7 Å². The number of anilines is 3. The van der Waals surface area contributed by atoms with E-state index in [2.05, 4.69) is 34.5 Å². The van der Waals surface area contributed by atoms with E-state index in [9.17, 15) is 8.42 Å². The number of nitrogens with zero attached hydrogens (tertiary/aromatic N) is 7. The standard InChI is InChI=1S/C20H26N8O2S/c1-15(2)19-24-18(14-26(19)3)31(29,30)25-16-12-22-20(23-13-16)28-10-8-27(9-11-28)17-6-4-5-7-21-17/h4-7,12-15,25H,8-11H2,1-3H3. The first-order valence-corrected chi connectivity index (χ1v) is 11.6. The van der Waals surface area contributed by atoms with E-state index in [-0.39, 0.29) is 10.9 Å². The first kappa shape index (κ1) is 21.0. The van der Waals surface area contributed by atoms with Gasteiger partial charge in [0.05, 0.1) is 18.1 Å². The van der Waals surface area contributed by atoms with Crippen LogP contribution in [0.4, 0.5) is 17.5 Å². The van der Waals surface area contributed by atoms with Crippen molar-refractivity contribution < 1.29 is 8.42 Å². The number of hydrogen-bond donors (Lipinski definition) is 1. The quantitative estimate of drug-likeness (QED) is 0.616. The Balaban J connectivity index is 1.40. The molecule has 4 heterocycles. The number of pyridine rings is 1. The number of rotatable bonds is 6. The van der Waals surface area contributed by atoms with Crippen molar-refractivity contribution >= 4 is 27.5 Å². The van der Waals surface area contributed by atoms with Crippen LogP contribution in [0.2, 0.25) is 0 Å². The number of sulfonamides is 1. The highest BCUT2D eigenvalue weighted by Gasteiger charge is 2.22. The van der Waals surface area contributed by atoms with Crippen LogP contribution in [0.5, 0.6) is 0 Å². The molecule has 1 aliphatic rings. The summed E-state index contributed by atoms with van der Waals surface area (Å²) in [5.74, 6) is 2.36. The number of piperazine rings is 1. The molecule has 0 aliphatic carbocycles. The molecule has 0 amide bonds. The fraction of sp³-hybridized carbons (Fsp3) is 0.400. The van der Waals surface area contributed by atoms with Crippen molar-refractivity contribution in [2.24, 2.45) is 7.05 Å². The van der Waals surface area contributed by atoms with E-state index in [1.54, 1.807) is 17.8 Å². The van der Waals surface area contributed by atoms with Crippen LogP contribution in [0.25, 0.3) is 0 Å². The summed E-state index contributed by atoms with van der Waals surface area (Å²) in [5, 5.41) is -0.0200. The number of imidazole rings is 1. The van der Waals surface area contributed by atoms with Crippen molar-refractivity contribution in [2.45, 2.75) is 24.8 Å². The molecule has 0 saturated carbocycles. The number of hydrogen-bond acceptors (Lipinski definition) is 8. The molecule has 1 saturated heterocycles. The summed E-state index contributed by atoms with van der Waals surface area (Å²) < 4.78 is 29.6. The lowest BCUT2D eigenvalue weighted by Gasteiger charge is -2.35. The van der Waals surface area contributed by atoms with Gasteiger partial charge in [0.2, 0.25) is 5.95 Å². The highest BCUT2D eigenvalue weighted by atomic mass is 32.2. The van der Waals surface area contributed by atoms with E-state index in [0.29, 0.717) is 17.5 Å². The molecule has 11 heteroatoms. The number of aromatic nitrogens is 5. The van der Waals surface area contributed by atoms with Crippen LogP contribution in [0.3, 0.4) is 0 Å². The zero-order chi connectivity index (χ0) is 22.0. The maximum absolute atomic E-state index is 12.7. The maximum atomic E-state index is 12.7. The average molecular weight is 443 g/mol. The zero-order valence-electron chi connectivity index (χ0n) is 17.8. The predicted octanol–water partition coefficient (Wildman–Crippen LogP) is 1.86. The van der Waals surface area contributed by atoms with Crippen molar-refractivity contribution in [1.82, 2.24) is 24.5 Å². The van der Waals surface area contributed by atoms with Crippen molar-refractivity contribution in [3.63, 3.8) is 0 Å². The predicted molar refractivity (Wildman–Crippen MR) is 119 cm³/mol. The highest BCUT2D eigenvalue weighted by Crippen LogP contribution is 2.20. The smallest absolute Gasteiger partial charge is 0.281 e. The van der Waals surface area contributed by atoms with Crippen LogP contribution < -0.4 is 14.5 Å². The Morgan fingerprint density at radius 2 is 1.68 bits per heavy atom. The molecule has 31 heavy (non-hydrogen) atoms. The molecule has 0 unspecified atom stereocenters. The van der Waals surface area contributed by atoms with Gasteiger partial charge >= 0.3 is 0 Å². The normalized spacial score (nSPS) is 14.8. The van der Waals surface area contributed by atoms with E-state index in [1.807, 2.05) is 32.0 Å². The molecular formula is C20H26N8O2S. The number of nitrogens with one attached hydrogen (secondary N) is 1. The van der Waals surface area contributed by atoms with Crippen molar-refractivity contribution in [3.05, 3.63) is 48.8 Å². The lowest BCUT2D eigenvalue weighted by molar-refractivity contribution is 0.597. The first-order valence-electron chi connectivity index (χ1n) is 10.1. The molecule has 1 fully saturated rings. The van der Waals surface area contributed by atoms with Crippen LogP contribution in [0, 0.1) is 0 Å². The molecule has 0 atom stereocenters. The Labute approximate surface area is 182 Å². The molecule has 0 spiro atoms. The van der Waals surface area contributed by atoms with Gasteiger partial charge in [-0.15, -0.1) is 0 Å². The van der Waals surface area contributed by atoms with E-state index >= 15 is 0 Å². The fourth-order valence-corrected chi connectivity index (χ4v) is 4.57. The van der Waals surface area contributed by atoms with E-state index < -0.39 is 10.0 Å². The van der Waals surface area contributed by atoms with Gasteiger partial charge < -0.3 is 14.4 Å². The van der Waals surface area contributed by atoms with Crippen LogP contribution in [0.1, 0.15) is 25.6 Å². The minimum Gasteiger partial charge on any atom is -0.353 e. The molecule has 1 aliphatic heterocycles. The molecule has 3 aromatic heterocycles. The minimum absolute atomic E-state index is 0.0200.